The number of likely N-dealkylation sites (N-methyl/N-ethyl adjacent to an activating group) is 1. The average molecular weight is 386 g/mol. The van der Waals surface area contributed by atoms with E-state index in [1.165, 1.54) is 6.07 Å². The Morgan fingerprint density at radius 1 is 1.35 bits per heavy atom. The summed E-state index contributed by atoms with van der Waals surface area (Å²) in [6.45, 7) is 6.92. The molecule has 1 aromatic rings. The highest BCUT2D eigenvalue weighted by Crippen LogP contribution is 2.34. The molecule has 0 atom stereocenters. The first-order valence-electron chi connectivity index (χ1n) is 6.16. The van der Waals surface area contributed by atoms with Crippen LogP contribution in [0.25, 0.3) is 0 Å². The summed E-state index contributed by atoms with van der Waals surface area (Å²) in [5.41, 5.74) is 0. The van der Waals surface area contributed by atoms with Crippen LogP contribution < -0.4 is 9.88 Å². The molecule has 0 spiro atoms. The Hall–Kier alpha value is -0.340. The van der Waals surface area contributed by atoms with Crippen LogP contribution in [0.2, 0.25) is 5.02 Å². The van der Waals surface area contributed by atoms with Gasteiger partial charge in [0.15, 0.2) is 5.75 Å². The molecule has 114 valence electrons. The van der Waals surface area contributed by atoms with Crippen LogP contribution in [0.1, 0.15) is 13.8 Å². The van der Waals surface area contributed by atoms with Crippen molar-refractivity contribution in [3.63, 3.8) is 0 Å². The van der Waals surface area contributed by atoms with E-state index in [9.17, 15) is 8.42 Å². The third-order valence-electron chi connectivity index (χ3n) is 2.83. The molecule has 0 aliphatic carbocycles. The molecule has 0 radical (unpaired) electrons. The second kappa shape index (κ2) is 7.61. The van der Waals surface area contributed by atoms with E-state index in [-0.39, 0.29) is 15.7 Å². The minimum atomic E-state index is -3.89. The van der Waals surface area contributed by atoms with E-state index in [0.717, 1.165) is 13.1 Å². The lowest BCUT2D eigenvalue weighted by atomic mass is 10.3. The SMILES string of the molecule is CCN(CC)CCOc1c(Cl)cc(Br)cc1S(N)(=O)=O. The van der Waals surface area contributed by atoms with Gasteiger partial charge in [0, 0.05) is 11.0 Å². The van der Waals surface area contributed by atoms with E-state index in [0.29, 0.717) is 17.6 Å². The third kappa shape index (κ3) is 4.89. The zero-order valence-corrected chi connectivity index (χ0v) is 14.6. The number of primary sulfonamides is 1. The van der Waals surface area contributed by atoms with Crippen molar-refractivity contribution in [3.05, 3.63) is 21.6 Å². The van der Waals surface area contributed by atoms with Crippen LogP contribution in [0.3, 0.4) is 0 Å². The minimum Gasteiger partial charge on any atom is -0.489 e. The van der Waals surface area contributed by atoms with Crippen molar-refractivity contribution in [2.45, 2.75) is 18.7 Å². The monoisotopic (exact) mass is 384 g/mol. The van der Waals surface area contributed by atoms with Crippen molar-refractivity contribution in [1.29, 1.82) is 0 Å². The maximum absolute atomic E-state index is 11.6. The number of nitrogens with zero attached hydrogens (tertiary/aromatic N) is 1. The summed E-state index contributed by atoms with van der Waals surface area (Å²) in [5, 5.41) is 5.39. The average Bonchev–Trinajstić information content (AvgIpc) is 2.35. The zero-order valence-electron chi connectivity index (χ0n) is 11.4. The number of sulfonamides is 1. The van der Waals surface area contributed by atoms with Gasteiger partial charge in [-0.25, -0.2) is 13.6 Å². The van der Waals surface area contributed by atoms with Gasteiger partial charge in [-0.05, 0) is 25.2 Å². The van der Waals surface area contributed by atoms with E-state index in [4.69, 9.17) is 21.5 Å². The highest BCUT2D eigenvalue weighted by atomic mass is 79.9. The van der Waals surface area contributed by atoms with E-state index >= 15 is 0 Å². The number of halogens is 2. The Morgan fingerprint density at radius 3 is 2.45 bits per heavy atom. The molecule has 0 aromatic heterocycles. The van der Waals surface area contributed by atoms with Gasteiger partial charge in [0.1, 0.15) is 11.5 Å². The van der Waals surface area contributed by atoms with E-state index < -0.39 is 10.0 Å². The van der Waals surface area contributed by atoms with Crippen LogP contribution in [0, 0.1) is 0 Å². The number of benzene rings is 1. The Bertz CT molecular complexity index is 562. The van der Waals surface area contributed by atoms with E-state index in [2.05, 4.69) is 20.8 Å². The van der Waals surface area contributed by atoms with Crippen LogP contribution in [-0.2, 0) is 10.0 Å². The Kier molecular flexibility index (Phi) is 6.74. The van der Waals surface area contributed by atoms with Crippen LogP contribution in [-0.4, -0.2) is 39.6 Å². The lowest BCUT2D eigenvalue weighted by molar-refractivity contribution is 0.219. The van der Waals surface area contributed by atoms with Crippen LogP contribution in [0.4, 0.5) is 0 Å². The summed E-state index contributed by atoms with van der Waals surface area (Å²) in [7, 11) is -3.89. The Morgan fingerprint density at radius 2 is 1.95 bits per heavy atom. The minimum absolute atomic E-state index is 0.101. The summed E-state index contributed by atoms with van der Waals surface area (Å²) in [4.78, 5) is 2.04. The van der Waals surface area contributed by atoms with Crippen LogP contribution in [0.15, 0.2) is 21.5 Å². The van der Waals surface area contributed by atoms with Crippen LogP contribution >= 0.6 is 27.5 Å². The molecule has 0 fully saturated rings. The predicted octanol–water partition coefficient (Wildman–Crippen LogP) is 2.47. The van der Waals surface area contributed by atoms with Crippen molar-refractivity contribution in [3.8, 4) is 5.75 Å². The summed E-state index contributed by atoms with van der Waals surface area (Å²) in [6, 6.07) is 2.96. The molecule has 8 heteroatoms. The number of hydrogen-bond acceptors (Lipinski definition) is 4. The fourth-order valence-corrected chi connectivity index (χ4v) is 3.49. The molecule has 0 aliphatic rings. The van der Waals surface area contributed by atoms with Crippen LogP contribution in [0.5, 0.6) is 5.75 Å². The predicted molar refractivity (Wildman–Crippen MR) is 83.8 cm³/mol. The van der Waals surface area contributed by atoms with Crippen molar-refractivity contribution in [2.75, 3.05) is 26.2 Å². The normalized spacial score (nSPS) is 11.9. The first-order valence-corrected chi connectivity index (χ1v) is 8.88. The standard InChI is InChI=1S/C12H18BrClN2O3S/c1-3-16(4-2)5-6-19-12-10(14)7-9(13)8-11(12)20(15,17)18/h7-8H,3-6H2,1-2H3,(H2,15,17,18). The molecule has 0 unspecified atom stereocenters. The molecule has 0 amide bonds. The second-order valence-electron chi connectivity index (χ2n) is 4.14. The lowest BCUT2D eigenvalue weighted by Gasteiger charge is -2.19. The Labute approximate surface area is 133 Å². The molecule has 1 rings (SSSR count). The van der Waals surface area contributed by atoms with Gasteiger partial charge in [-0.15, -0.1) is 0 Å². The van der Waals surface area contributed by atoms with Gasteiger partial charge in [-0.1, -0.05) is 41.4 Å². The maximum atomic E-state index is 11.6. The summed E-state index contributed by atoms with van der Waals surface area (Å²) < 4.78 is 29.2. The molecule has 0 aliphatic heterocycles. The van der Waals surface area contributed by atoms with Gasteiger partial charge in [-0.3, -0.25) is 0 Å². The molecule has 0 saturated heterocycles. The first kappa shape index (κ1) is 17.7. The first-order chi connectivity index (χ1) is 9.29. The van der Waals surface area contributed by atoms with E-state index in [1.807, 2.05) is 13.8 Å². The summed E-state index contributed by atoms with van der Waals surface area (Å²) >= 11 is 9.22. The molecular weight excluding hydrogens is 368 g/mol. The fourth-order valence-electron chi connectivity index (χ4n) is 1.70. The molecular formula is C12H18BrClN2O3S. The Balaban J connectivity index is 2.95. The number of rotatable bonds is 7. The quantitative estimate of drug-likeness (QED) is 0.782. The van der Waals surface area contributed by atoms with Gasteiger partial charge in [0.2, 0.25) is 10.0 Å². The number of hydrogen-bond donors (Lipinski definition) is 1. The van der Waals surface area contributed by atoms with Gasteiger partial charge in [0.25, 0.3) is 0 Å². The molecule has 0 saturated carbocycles. The molecule has 1 aromatic carbocycles. The smallest absolute Gasteiger partial charge is 0.241 e. The number of ether oxygens (including phenoxy) is 1. The fraction of sp³-hybridized carbons (Fsp3) is 0.500. The molecule has 0 bridgehead atoms. The topological polar surface area (TPSA) is 72.6 Å². The van der Waals surface area contributed by atoms with Crippen molar-refractivity contribution >= 4 is 37.6 Å². The van der Waals surface area contributed by atoms with Crippen molar-refractivity contribution in [2.24, 2.45) is 5.14 Å². The lowest BCUT2D eigenvalue weighted by Crippen LogP contribution is -2.28. The molecule has 0 heterocycles. The highest BCUT2D eigenvalue weighted by Gasteiger charge is 2.19. The van der Waals surface area contributed by atoms with Crippen molar-refractivity contribution in [1.82, 2.24) is 4.90 Å². The maximum Gasteiger partial charge on any atom is 0.241 e. The van der Waals surface area contributed by atoms with E-state index in [1.54, 1.807) is 6.07 Å². The van der Waals surface area contributed by atoms with Gasteiger partial charge in [0.05, 0.1) is 5.02 Å². The third-order valence-corrected chi connectivity index (χ3v) is 4.48. The number of nitrogens with two attached hydrogens (primary N) is 1. The zero-order chi connectivity index (χ0) is 15.3. The van der Waals surface area contributed by atoms with Gasteiger partial charge in [-0.2, -0.15) is 0 Å². The van der Waals surface area contributed by atoms with Crippen molar-refractivity contribution < 1.29 is 13.2 Å². The summed E-state index contributed by atoms with van der Waals surface area (Å²) in [5.74, 6) is 0.101. The van der Waals surface area contributed by atoms with Gasteiger partial charge >= 0.3 is 0 Å². The largest absolute Gasteiger partial charge is 0.489 e. The highest BCUT2D eigenvalue weighted by molar-refractivity contribution is 9.10. The second-order valence-corrected chi connectivity index (χ2v) is 6.99. The molecule has 5 nitrogen and oxygen atoms in total. The summed E-state index contributed by atoms with van der Waals surface area (Å²) in [6.07, 6.45) is 0. The van der Waals surface area contributed by atoms with Gasteiger partial charge < -0.3 is 9.64 Å². The molecule has 2 N–H and O–H groups in total. The molecule has 20 heavy (non-hydrogen) atoms.